The predicted molar refractivity (Wildman–Crippen MR) is 74.1 cm³/mol. The van der Waals surface area contributed by atoms with Crippen LogP contribution in [0.4, 0.5) is 0 Å². The van der Waals surface area contributed by atoms with E-state index in [0.717, 1.165) is 11.3 Å². The lowest BCUT2D eigenvalue weighted by Gasteiger charge is -2.06. The van der Waals surface area contributed by atoms with Crippen molar-refractivity contribution < 1.29 is 9.90 Å². The van der Waals surface area contributed by atoms with Crippen molar-refractivity contribution in [3.05, 3.63) is 54.6 Å². The summed E-state index contributed by atoms with van der Waals surface area (Å²) in [5.74, 6) is 0.0769. The summed E-state index contributed by atoms with van der Waals surface area (Å²) in [5.41, 5.74) is 1.62. The Bertz CT molecular complexity index is 798. The third-order valence-corrected chi connectivity index (χ3v) is 2.87. The zero-order chi connectivity index (χ0) is 14.8. The second-order valence-electron chi connectivity index (χ2n) is 4.37. The molecule has 0 bridgehead atoms. The molecule has 0 unspecified atom stereocenters. The van der Waals surface area contributed by atoms with Crippen LogP contribution in [-0.4, -0.2) is 35.6 Å². The lowest BCUT2D eigenvalue weighted by molar-refractivity contribution is 0.0691. The fourth-order valence-corrected chi connectivity index (χ4v) is 1.91. The van der Waals surface area contributed by atoms with Gasteiger partial charge in [0, 0.05) is 30.2 Å². The van der Waals surface area contributed by atoms with Gasteiger partial charge in [0.15, 0.2) is 5.69 Å². The molecule has 0 aliphatic rings. The van der Waals surface area contributed by atoms with Crippen LogP contribution >= 0.6 is 0 Å². The molecule has 21 heavy (non-hydrogen) atoms. The lowest BCUT2D eigenvalue weighted by Crippen LogP contribution is -2.01. The number of pyridine rings is 1. The van der Waals surface area contributed by atoms with Crippen LogP contribution < -0.4 is 0 Å². The molecule has 0 radical (unpaired) electrons. The van der Waals surface area contributed by atoms with E-state index in [1.54, 1.807) is 30.0 Å². The van der Waals surface area contributed by atoms with Crippen molar-refractivity contribution in [2.45, 2.75) is 6.92 Å². The molecule has 0 aliphatic carbocycles. The highest BCUT2D eigenvalue weighted by atomic mass is 16.4. The minimum absolute atomic E-state index is 0.0308. The molecule has 0 saturated heterocycles. The maximum atomic E-state index is 10.9. The normalized spacial score (nSPS) is 10.5. The third kappa shape index (κ3) is 2.62. The second-order valence-corrected chi connectivity index (χ2v) is 4.37. The molecule has 0 aliphatic heterocycles. The van der Waals surface area contributed by atoms with Gasteiger partial charge in [-0.2, -0.15) is 0 Å². The number of rotatable bonds is 3. The van der Waals surface area contributed by atoms with E-state index in [0.29, 0.717) is 11.6 Å². The van der Waals surface area contributed by atoms with Gasteiger partial charge in [-0.25, -0.2) is 19.7 Å². The number of aryl methyl sites for hydroxylation is 1. The molecule has 7 nitrogen and oxygen atoms in total. The Morgan fingerprint density at radius 3 is 2.67 bits per heavy atom. The van der Waals surface area contributed by atoms with Crippen molar-refractivity contribution in [1.82, 2.24) is 24.5 Å². The van der Waals surface area contributed by atoms with Crippen LogP contribution in [0.2, 0.25) is 0 Å². The molecule has 0 atom stereocenters. The Balaban J connectivity index is 2.07. The first-order chi connectivity index (χ1) is 10.1. The molecular formula is C14H11N5O2. The predicted octanol–water partition coefficient (Wildman–Crippen LogP) is 1.73. The van der Waals surface area contributed by atoms with Crippen molar-refractivity contribution in [1.29, 1.82) is 0 Å². The minimum atomic E-state index is -1.08. The van der Waals surface area contributed by atoms with Gasteiger partial charge < -0.3 is 5.11 Å². The molecule has 104 valence electrons. The summed E-state index contributed by atoms with van der Waals surface area (Å²) in [5, 5.41) is 8.92. The summed E-state index contributed by atoms with van der Waals surface area (Å²) in [6, 6.07) is 5.47. The third-order valence-electron chi connectivity index (χ3n) is 2.87. The Labute approximate surface area is 120 Å². The summed E-state index contributed by atoms with van der Waals surface area (Å²) >= 11 is 0. The topological polar surface area (TPSA) is 93.8 Å². The molecule has 3 aromatic heterocycles. The lowest BCUT2D eigenvalue weighted by atomic mass is 10.2. The smallest absolute Gasteiger partial charge is 0.356 e. The Kier molecular flexibility index (Phi) is 3.15. The van der Waals surface area contributed by atoms with Crippen LogP contribution in [0.1, 0.15) is 16.3 Å². The van der Waals surface area contributed by atoms with Crippen molar-refractivity contribution in [3.8, 4) is 17.1 Å². The number of carboxylic acid groups (broad SMARTS) is 1. The maximum Gasteiger partial charge on any atom is 0.356 e. The highest BCUT2D eigenvalue weighted by molar-refractivity contribution is 5.85. The number of carbonyl (C=O) groups is 1. The van der Waals surface area contributed by atoms with E-state index in [2.05, 4.69) is 19.9 Å². The van der Waals surface area contributed by atoms with E-state index >= 15 is 0 Å². The molecule has 1 N–H and O–H groups in total. The second kappa shape index (κ2) is 5.12. The zero-order valence-electron chi connectivity index (χ0n) is 11.1. The quantitative estimate of drug-likeness (QED) is 0.785. The molecule has 0 amide bonds. The molecule has 3 aromatic rings. The monoisotopic (exact) mass is 281 g/mol. The highest BCUT2D eigenvalue weighted by Gasteiger charge is 2.10. The van der Waals surface area contributed by atoms with Crippen molar-refractivity contribution >= 4 is 5.97 Å². The Morgan fingerprint density at radius 1 is 1.24 bits per heavy atom. The molecule has 3 heterocycles. The number of hydrogen-bond donors (Lipinski definition) is 1. The number of hydrogen-bond acceptors (Lipinski definition) is 5. The Morgan fingerprint density at radius 2 is 2.00 bits per heavy atom. The molecular weight excluding hydrogens is 270 g/mol. The Hall–Kier alpha value is -3.09. The van der Waals surface area contributed by atoms with Gasteiger partial charge in [0.2, 0.25) is 0 Å². The molecule has 0 spiro atoms. The number of aromatic carboxylic acids is 1. The number of carboxylic acids is 1. The van der Waals surface area contributed by atoms with Gasteiger partial charge in [-0.3, -0.25) is 9.55 Å². The first-order valence-corrected chi connectivity index (χ1v) is 6.17. The first-order valence-electron chi connectivity index (χ1n) is 6.17. The van der Waals surface area contributed by atoms with Crippen LogP contribution in [0.3, 0.4) is 0 Å². The average Bonchev–Trinajstić information content (AvgIpc) is 2.98. The van der Waals surface area contributed by atoms with E-state index in [1.165, 1.54) is 12.5 Å². The van der Waals surface area contributed by atoms with Crippen LogP contribution in [0, 0.1) is 6.92 Å². The van der Waals surface area contributed by atoms with Gasteiger partial charge in [0.05, 0.1) is 5.69 Å². The van der Waals surface area contributed by atoms with Crippen LogP contribution in [0.25, 0.3) is 17.1 Å². The van der Waals surface area contributed by atoms with Crippen LogP contribution in [0.15, 0.2) is 43.1 Å². The molecule has 0 fully saturated rings. The van der Waals surface area contributed by atoms with Crippen molar-refractivity contribution in [2.75, 3.05) is 0 Å². The molecule has 0 saturated carbocycles. The van der Waals surface area contributed by atoms with Crippen molar-refractivity contribution in [2.24, 2.45) is 0 Å². The van der Waals surface area contributed by atoms with Gasteiger partial charge in [-0.15, -0.1) is 0 Å². The summed E-state index contributed by atoms with van der Waals surface area (Å²) in [7, 11) is 0. The zero-order valence-corrected chi connectivity index (χ0v) is 11.1. The fourth-order valence-electron chi connectivity index (χ4n) is 1.91. The minimum Gasteiger partial charge on any atom is -0.476 e. The SMILES string of the molecule is Cc1nc(-c2ccncc2)cc(-n2cnc(C(=O)O)c2)n1. The van der Waals surface area contributed by atoms with E-state index in [-0.39, 0.29) is 5.69 Å². The van der Waals surface area contributed by atoms with E-state index in [1.807, 2.05) is 12.1 Å². The number of imidazole rings is 1. The van der Waals surface area contributed by atoms with E-state index < -0.39 is 5.97 Å². The molecule has 3 rings (SSSR count). The largest absolute Gasteiger partial charge is 0.476 e. The summed E-state index contributed by atoms with van der Waals surface area (Å²) in [4.78, 5) is 27.4. The number of nitrogens with zero attached hydrogens (tertiary/aromatic N) is 5. The standard InChI is InChI=1S/C14H11N5O2/c1-9-17-11(10-2-4-15-5-3-10)6-13(18-9)19-7-12(14(20)21)16-8-19/h2-8H,1H3,(H,20,21). The molecule has 7 heteroatoms. The molecule has 0 aromatic carbocycles. The van der Waals surface area contributed by atoms with E-state index in [9.17, 15) is 4.79 Å². The van der Waals surface area contributed by atoms with Crippen LogP contribution in [-0.2, 0) is 0 Å². The van der Waals surface area contributed by atoms with Gasteiger partial charge in [0.25, 0.3) is 0 Å². The van der Waals surface area contributed by atoms with Gasteiger partial charge in [0.1, 0.15) is 18.0 Å². The fraction of sp³-hybridized carbons (Fsp3) is 0.0714. The summed E-state index contributed by atoms with van der Waals surface area (Å²) < 4.78 is 1.56. The van der Waals surface area contributed by atoms with Gasteiger partial charge in [-0.05, 0) is 19.1 Å². The average molecular weight is 281 g/mol. The number of aromatic nitrogens is 5. The van der Waals surface area contributed by atoms with E-state index in [4.69, 9.17) is 5.11 Å². The summed E-state index contributed by atoms with van der Waals surface area (Å²) in [6.07, 6.45) is 6.21. The van der Waals surface area contributed by atoms with Crippen LogP contribution in [0.5, 0.6) is 0 Å². The van der Waals surface area contributed by atoms with Gasteiger partial charge in [-0.1, -0.05) is 0 Å². The van der Waals surface area contributed by atoms with Gasteiger partial charge >= 0.3 is 5.97 Å². The summed E-state index contributed by atoms with van der Waals surface area (Å²) in [6.45, 7) is 1.78. The highest BCUT2D eigenvalue weighted by Crippen LogP contribution is 2.18. The van der Waals surface area contributed by atoms with Crippen molar-refractivity contribution in [3.63, 3.8) is 0 Å². The maximum absolute atomic E-state index is 10.9. The first kappa shape index (κ1) is 12.9.